The van der Waals surface area contributed by atoms with Crippen LogP contribution < -0.4 is 10.6 Å². The SMILES string of the molecule is CN(Cc1ccco1)c1c(Cl)cc(N)cc1C(=O)O. The van der Waals surface area contributed by atoms with Crippen LogP contribution in [0.1, 0.15) is 16.1 Å². The number of halogens is 1. The van der Waals surface area contributed by atoms with Crippen LogP contribution in [0.3, 0.4) is 0 Å². The molecule has 1 aromatic carbocycles. The molecule has 100 valence electrons. The van der Waals surface area contributed by atoms with Crippen LogP contribution in [0, 0.1) is 0 Å². The van der Waals surface area contributed by atoms with Gasteiger partial charge in [-0.15, -0.1) is 0 Å². The molecular formula is C13H13ClN2O3. The maximum atomic E-state index is 11.3. The van der Waals surface area contributed by atoms with Crippen molar-refractivity contribution in [3.05, 3.63) is 46.9 Å². The predicted molar refractivity (Wildman–Crippen MR) is 73.6 cm³/mol. The fraction of sp³-hybridized carbons (Fsp3) is 0.154. The van der Waals surface area contributed by atoms with Gasteiger partial charge in [-0.1, -0.05) is 11.6 Å². The number of benzene rings is 1. The van der Waals surface area contributed by atoms with E-state index in [1.165, 1.54) is 12.1 Å². The zero-order valence-corrected chi connectivity index (χ0v) is 11.0. The van der Waals surface area contributed by atoms with Gasteiger partial charge in [-0.25, -0.2) is 4.79 Å². The van der Waals surface area contributed by atoms with Gasteiger partial charge in [0.25, 0.3) is 0 Å². The Kier molecular flexibility index (Phi) is 3.66. The van der Waals surface area contributed by atoms with E-state index in [1.807, 2.05) is 6.07 Å². The first kappa shape index (κ1) is 13.3. The van der Waals surface area contributed by atoms with Crippen molar-refractivity contribution in [1.29, 1.82) is 0 Å². The maximum absolute atomic E-state index is 11.3. The molecule has 0 radical (unpaired) electrons. The molecule has 5 nitrogen and oxygen atoms in total. The van der Waals surface area contributed by atoms with Crippen LogP contribution in [0.4, 0.5) is 11.4 Å². The molecule has 0 aliphatic heterocycles. The van der Waals surface area contributed by atoms with Crippen LogP contribution in [-0.2, 0) is 6.54 Å². The smallest absolute Gasteiger partial charge is 0.337 e. The second-order valence-corrected chi connectivity index (χ2v) is 4.55. The zero-order chi connectivity index (χ0) is 14.0. The number of furan rings is 1. The Hall–Kier alpha value is -2.14. The third-order valence-electron chi connectivity index (χ3n) is 2.67. The number of rotatable bonds is 4. The second kappa shape index (κ2) is 5.24. The highest BCUT2D eigenvalue weighted by atomic mass is 35.5. The summed E-state index contributed by atoms with van der Waals surface area (Å²) in [5.41, 5.74) is 6.42. The summed E-state index contributed by atoms with van der Waals surface area (Å²) in [6.07, 6.45) is 1.56. The minimum absolute atomic E-state index is 0.0686. The number of hydrogen-bond donors (Lipinski definition) is 2. The molecule has 0 bridgehead atoms. The molecule has 0 unspecified atom stereocenters. The lowest BCUT2D eigenvalue weighted by Crippen LogP contribution is -2.20. The van der Waals surface area contributed by atoms with Crippen molar-refractivity contribution in [3.8, 4) is 0 Å². The average Bonchev–Trinajstić information content (AvgIpc) is 2.80. The molecule has 1 aromatic heterocycles. The summed E-state index contributed by atoms with van der Waals surface area (Å²) in [6, 6.07) is 6.50. The normalized spacial score (nSPS) is 10.4. The van der Waals surface area contributed by atoms with Crippen LogP contribution in [0.15, 0.2) is 34.9 Å². The third kappa shape index (κ3) is 2.82. The van der Waals surface area contributed by atoms with Crippen molar-refractivity contribution in [1.82, 2.24) is 0 Å². The molecule has 0 fully saturated rings. The van der Waals surface area contributed by atoms with Crippen LogP contribution >= 0.6 is 11.6 Å². The van der Waals surface area contributed by atoms with Crippen LogP contribution in [0.2, 0.25) is 5.02 Å². The summed E-state index contributed by atoms with van der Waals surface area (Å²) in [6.45, 7) is 0.414. The molecule has 0 aliphatic carbocycles. The number of nitrogens with two attached hydrogens (primary N) is 1. The van der Waals surface area contributed by atoms with E-state index in [1.54, 1.807) is 24.3 Å². The monoisotopic (exact) mass is 280 g/mol. The lowest BCUT2D eigenvalue weighted by Gasteiger charge is -2.21. The Bertz CT molecular complexity index is 596. The number of nitrogen functional groups attached to an aromatic ring is 1. The van der Waals surface area contributed by atoms with Crippen molar-refractivity contribution in [3.63, 3.8) is 0 Å². The molecule has 6 heteroatoms. The summed E-state index contributed by atoms with van der Waals surface area (Å²) in [4.78, 5) is 13.0. The summed E-state index contributed by atoms with van der Waals surface area (Å²) >= 11 is 6.10. The fourth-order valence-electron chi connectivity index (χ4n) is 1.89. The van der Waals surface area contributed by atoms with E-state index >= 15 is 0 Å². The highest BCUT2D eigenvalue weighted by Gasteiger charge is 2.18. The number of carboxylic acid groups (broad SMARTS) is 1. The van der Waals surface area contributed by atoms with Crippen LogP contribution in [0.25, 0.3) is 0 Å². The molecule has 0 amide bonds. The number of aromatic carboxylic acids is 1. The minimum atomic E-state index is -1.07. The first-order valence-electron chi connectivity index (χ1n) is 5.55. The van der Waals surface area contributed by atoms with Crippen LogP contribution in [0.5, 0.6) is 0 Å². The Labute approximate surface area is 115 Å². The van der Waals surface area contributed by atoms with Gasteiger partial charge in [-0.3, -0.25) is 0 Å². The summed E-state index contributed by atoms with van der Waals surface area (Å²) in [7, 11) is 1.74. The number of nitrogens with zero attached hydrogens (tertiary/aromatic N) is 1. The zero-order valence-electron chi connectivity index (χ0n) is 10.3. The van der Waals surface area contributed by atoms with E-state index in [-0.39, 0.29) is 5.56 Å². The average molecular weight is 281 g/mol. The van der Waals surface area contributed by atoms with E-state index < -0.39 is 5.97 Å². The summed E-state index contributed by atoms with van der Waals surface area (Å²) in [5.74, 6) is -0.359. The van der Waals surface area contributed by atoms with Gasteiger partial charge < -0.3 is 20.2 Å². The summed E-state index contributed by atoms with van der Waals surface area (Å²) in [5, 5.41) is 9.52. The molecule has 1 heterocycles. The first-order valence-corrected chi connectivity index (χ1v) is 5.92. The van der Waals surface area contributed by atoms with Crippen molar-refractivity contribution >= 4 is 28.9 Å². The topological polar surface area (TPSA) is 79.7 Å². The largest absolute Gasteiger partial charge is 0.478 e. The molecule has 3 N–H and O–H groups in total. The Morgan fingerprint density at radius 2 is 2.26 bits per heavy atom. The fourth-order valence-corrected chi connectivity index (χ4v) is 2.26. The molecule has 0 saturated heterocycles. The van der Waals surface area contributed by atoms with Gasteiger partial charge in [0.1, 0.15) is 5.76 Å². The van der Waals surface area contributed by atoms with Crippen molar-refractivity contribution in [2.45, 2.75) is 6.54 Å². The van der Waals surface area contributed by atoms with Crippen LogP contribution in [-0.4, -0.2) is 18.1 Å². The van der Waals surface area contributed by atoms with Crippen molar-refractivity contribution in [2.75, 3.05) is 17.7 Å². The number of anilines is 2. The Morgan fingerprint density at radius 1 is 1.53 bits per heavy atom. The van der Waals surface area contributed by atoms with Gasteiger partial charge >= 0.3 is 5.97 Å². The van der Waals surface area contributed by atoms with Gasteiger partial charge in [0.05, 0.1) is 29.1 Å². The lowest BCUT2D eigenvalue weighted by molar-refractivity contribution is 0.0697. The quantitative estimate of drug-likeness (QED) is 0.842. The highest BCUT2D eigenvalue weighted by Crippen LogP contribution is 2.32. The van der Waals surface area contributed by atoms with Gasteiger partial charge in [-0.2, -0.15) is 0 Å². The third-order valence-corrected chi connectivity index (χ3v) is 2.96. The van der Waals surface area contributed by atoms with Gasteiger partial charge in [0, 0.05) is 12.7 Å². The van der Waals surface area contributed by atoms with Gasteiger partial charge in [0.2, 0.25) is 0 Å². The molecule has 2 rings (SSSR count). The standard InChI is InChI=1S/C13H13ClN2O3/c1-16(7-9-3-2-4-19-9)12-10(13(17)18)5-8(15)6-11(12)14/h2-6H,7,15H2,1H3,(H,17,18). The van der Waals surface area contributed by atoms with E-state index in [4.69, 9.17) is 21.8 Å². The van der Waals surface area contributed by atoms with Gasteiger partial charge in [0.15, 0.2) is 0 Å². The number of carboxylic acids is 1. The molecule has 0 aliphatic rings. The van der Waals surface area contributed by atoms with E-state index in [0.717, 1.165) is 0 Å². The highest BCUT2D eigenvalue weighted by molar-refractivity contribution is 6.34. The maximum Gasteiger partial charge on any atom is 0.337 e. The second-order valence-electron chi connectivity index (χ2n) is 4.14. The number of hydrogen-bond acceptors (Lipinski definition) is 4. The molecule has 0 saturated carbocycles. The van der Waals surface area contributed by atoms with E-state index in [0.29, 0.717) is 28.7 Å². The lowest BCUT2D eigenvalue weighted by atomic mass is 10.1. The Morgan fingerprint density at radius 3 is 2.84 bits per heavy atom. The van der Waals surface area contributed by atoms with E-state index in [9.17, 15) is 9.90 Å². The predicted octanol–water partition coefficient (Wildman–Crippen LogP) is 2.85. The molecule has 0 spiro atoms. The minimum Gasteiger partial charge on any atom is -0.478 e. The molecule has 0 atom stereocenters. The van der Waals surface area contributed by atoms with Crippen molar-refractivity contribution < 1.29 is 14.3 Å². The summed E-state index contributed by atoms with van der Waals surface area (Å²) < 4.78 is 5.23. The Balaban J connectivity index is 2.40. The first-order chi connectivity index (χ1) is 8.99. The molecular weight excluding hydrogens is 268 g/mol. The van der Waals surface area contributed by atoms with Crippen molar-refractivity contribution in [2.24, 2.45) is 0 Å². The molecule has 2 aromatic rings. The molecule has 19 heavy (non-hydrogen) atoms. The van der Waals surface area contributed by atoms with Gasteiger partial charge in [-0.05, 0) is 24.3 Å². The van der Waals surface area contributed by atoms with E-state index in [2.05, 4.69) is 0 Å². The number of carbonyl (C=O) groups is 1.